The lowest BCUT2D eigenvalue weighted by molar-refractivity contribution is -0.141. The molecule has 26 heavy (non-hydrogen) atoms. The molecule has 0 radical (unpaired) electrons. The summed E-state index contributed by atoms with van der Waals surface area (Å²) in [4.78, 5) is 15.1. The van der Waals surface area contributed by atoms with Crippen molar-refractivity contribution in [2.45, 2.75) is 45.4 Å². The van der Waals surface area contributed by atoms with Crippen molar-refractivity contribution in [2.24, 2.45) is 5.92 Å². The Bertz CT molecular complexity index is 710. The summed E-state index contributed by atoms with van der Waals surface area (Å²) in [6.45, 7) is 4.59. The van der Waals surface area contributed by atoms with Crippen LogP contribution in [0.15, 0.2) is 54.6 Å². The van der Waals surface area contributed by atoms with Crippen LogP contribution in [0.25, 0.3) is 0 Å². The van der Waals surface area contributed by atoms with Gasteiger partial charge >= 0.3 is 0 Å². The van der Waals surface area contributed by atoms with Crippen LogP contribution in [0, 0.1) is 5.92 Å². The highest BCUT2D eigenvalue weighted by molar-refractivity contribution is 5.81. The fraction of sp³-hybridized carbons (Fsp3) is 0.409. The Kier molecular flexibility index (Phi) is 5.82. The Hall–Kier alpha value is -2.49. The first-order valence-electron chi connectivity index (χ1n) is 9.23. The van der Waals surface area contributed by atoms with Gasteiger partial charge in [-0.3, -0.25) is 4.79 Å². The molecule has 0 spiro atoms. The van der Waals surface area contributed by atoms with E-state index >= 15 is 0 Å². The minimum Gasteiger partial charge on any atom is -0.497 e. The molecule has 0 aromatic heterocycles. The molecule has 2 atom stereocenters. The normalized spacial score (nSPS) is 15.8. The number of nitrogens with zero attached hydrogens (tertiary/aromatic N) is 1. The lowest BCUT2D eigenvalue weighted by atomic mass is 10.1. The molecule has 3 rings (SSSR count). The molecule has 4 nitrogen and oxygen atoms in total. The minimum absolute atomic E-state index is 0.0315. The second kappa shape index (κ2) is 8.26. The minimum atomic E-state index is -0.534. The fourth-order valence-electron chi connectivity index (χ4n) is 3.18. The third-order valence-corrected chi connectivity index (χ3v) is 4.99. The lowest BCUT2D eigenvalue weighted by Crippen LogP contribution is -2.45. The standard InChI is InChI=1S/C22H27NO3/c1-16(19-9-10-19)23(15-18-7-5-4-6-8-18)22(24)17(2)26-21-13-11-20(25-3)12-14-21/h4-8,11-14,16-17,19H,9-10,15H2,1-3H3. The van der Waals surface area contributed by atoms with Crippen molar-refractivity contribution in [1.82, 2.24) is 4.90 Å². The van der Waals surface area contributed by atoms with Crippen molar-refractivity contribution in [3.63, 3.8) is 0 Å². The van der Waals surface area contributed by atoms with Crippen LogP contribution in [0.4, 0.5) is 0 Å². The van der Waals surface area contributed by atoms with Crippen molar-refractivity contribution in [3.8, 4) is 11.5 Å². The van der Waals surface area contributed by atoms with Gasteiger partial charge in [-0.25, -0.2) is 0 Å². The summed E-state index contributed by atoms with van der Waals surface area (Å²) >= 11 is 0. The van der Waals surface area contributed by atoms with E-state index in [-0.39, 0.29) is 11.9 Å². The Balaban J connectivity index is 1.70. The number of rotatable bonds is 8. The van der Waals surface area contributed by atoms with Gasteiger partial charge in [0.25, 0.3) is 5.91 Å². The average Bonchev–Trinajstić information content (AvgIpc) is 3.52. The SMILES string of the molecule is COc1ccc(OC(C)C(=O)N(Cc2ccccc2)C(C)C2CC2)cc1. The largest absolute Gasteiger partial charge is 0.497 e. The van der Waals surface area contributed by atoms with Crippen molar-refractivity contribution in [1.29, 1.82) is 0 Å². The van der Waals surface area contributed by atoms with Crippen molar-refractivity contribution >= 4 is 5.91 Å². The van der Waals surface area contributed by atoms with E-state index in [9.17, 15) is 4.79 Å². The van der Waals surface area contributed by atoms with E-state index < -0.39 is 6.10 Å². The van der Waals surface area contributed by atoms with E-state index in [0.717, 1.165) is 11.3 Å². The fourth-order valence-corrected chi connectivity index (χ4v) is 3.18. The van der Waals surface area contributed by atoms with E-state index in [1.165, 1.54) is 12.8 Å². The monoisotopic (exact) mass is 353 g/mol. The molecule has 0 aliphatic heterocycles. The number of ether oxygens (including phenoxy) is 2. The van der Waals surface area contributed by atoms with E-state index in [1.807, 2.05) is 54.3 Å². The van der Waals surface area contributed by atoms with Crippen LogP contribution in [-0.2, 0) is 11.3 Å². The number of carbonyl (C=O) groups excluding carboxylic acids is 1. The Morgan fingerprint density at radius 1 is 1.04 bits per heavy atom. The molecule has 1 fully saturated rings. The lowest BCUT2D eigenvalue weighted by Gasteiger charge is -2.32. The number of hydrogen-bond donors (Lipinski definition) is 0. The molecule has 0 N–H and O–H groups in total. The molecule has 2 aromatic carbocycles. The number of hydrogen-bond acceptors (Lipinski definition) is 3. The Labute approximate surface area is 155 Å². The summed E-state index contributed by atoms with van der Waals surface area (Å²) in [7, 11) is 1.63. The molecule has 4 heteroatoms. The van der Waals surface area contributed by atoms with Crippen LogP contribution in [0.3, 0.4) is 0 Å². The molecule has 0 bridgehead atoms. The maximum atomic E-state index is 13.1. The first kappa shape index (κ1) is 18.3. The van der Waals surface area contributed by atoms with Gasteiger partial charge in [0.15, 0.2) is 6.10 Å². The van der Waals surface area contributed by atoms with Crippen LogP contribution < -0.4 is 9.47 Å². The number of methoxy groups -OCH3 is 1. The maximum absolute atomic E-state index is 13.1. The van der Waals surface area contributed by atoms with Crippen molar-refractivity contribution in [2.75, 3.05) is 7.11 Å². The number of amides is 1. The van der Waals surface area contributed by atoms with Crippen LogP contribution in [0.5, 0.6) is 11.5 Å². The maximum Gasteiger partial charge on any atom is 0.263 e. The van der Waals surface area contributed by atoms with Gasteiger partial charge in [-0.2, -0.15) is 0 Å². The van der Waals surface area contributed by atoms with Gasteiger partial charge in [-0.05, 0) is 62.4 Å². The second-order valence-corrected chi connectivity index (χ2v) is 6.97. The molecule has 138 valence electrons. The second-order valence-electron chi connectivity index (χ2n) is 6.97. The number of benzene rings is 2. The van der Waals surface area contributed by atoms with Gasteiger partial charge in [0, 0.05) is 12.6 Å². The molecule has 0 saturated heterocycles. The van der Waals surface area contributed by atoms with Gasteiger partial charge in [0.05, 0.1) is 7.11 Å². The molecule has 0 heterocycles. The molecule has 1 aliphatic carbocycles. The summed E-state index contributed by atoms with van der Waals surface area (Å²) in [6, 6.07) is 17.7. The van der Waals surface area contributed by atoms with E-state index in [2.05, 4.69) is 19.1 Å². The highest BCUT2D eigenvalue weighted by atomic mass is 16.5. The highest BCUT2D eigenvalue weighted by Gasteiger charge is 2.36. The highest BCUT2D eigenvalue weighted by Crippen LogP contribution is 2.36. The van der Waals surface area contributed by atoms with E-state index in [1.54, 1.807) is 7.11 Å². The third-order valence-electron chi connectivity index (χ3n) is 4.99. The van der Waals surface area contributed by atoms with E-state index in [0.29, 0.717) is 18.2 Å². The molecule has 1 saturated carbocycles. The van der Waals surface area contributed by atoms with Gasteiger partial charge in [0.1, 0.15) is 11.5 Å². The average molecular weight is 353 g/mol. The predicted molar refractivity (Wildman–Crippen MR) is 102 cm³/mol. The summed E-state index contributed by atoms with van der Waals surface area (Å²) < 4.78 is 11.1. The van der Waals surface area contributed by atoms with Crippen LogP contribution in [0.2, 0.25) is 0 Å². The van der Waals surface area contributed by atoms with Crippen LogP contribution in [0.1, 0.15) is 32.3 Å². The van der Waals surface area contributed by atoms with E-state index in [4.69, 9.17) is 9.47 Å². The molecule has 1 aliphatic rings. The summed E-state index contributed by atoms with van der Waals surface area (Å²) in [5, 5.41) is 0. The van der Waals surface area contributed by atoms with Crippen LogP contribution in [-0.4, -0.2) is 30.1 Å². The van der Waals surface area contributed by atoms with Crippen molar-refractivity contribution in [3.05, 3.63) is 60.2 Å². The summed E-state index contributed by atoms with van der Waals surface area (Å²) in [5.41, 5.74) is 1.14. The zero-order valence-corrected chi connectivity index (χ0v) is 15.7. The summed E-state index contributed by atoms with van der Waals surface area (Å²) in [5.74, 6) is 2.08. The predicted octanol–water partition coefficient (Wildman–Crippen LogP) is 4.29. The topological polar surface area (TPSA) is 38.8 Å². The number of carbonyl (C=O) groups is 1. The zero-order valence-electron chi connectivity index (χ0n) is 15.7. The molecule has 1 amide bonds. The van der Waals surface area contributed by atoms with Gasteiger partial charge in [-0.15, -0.1) is 0 Å². The molecular weight excluding hydrogens is 326 g/mol. The first-order chi connectivity index (χ1) is 12.6. The van der Waals surface area contributed by atoms with Gasteiger partial charge < -0.3 is 14.4 Å². The van der Waals surface area contributed by atoms with Crippen LogP contribution >= 0.6 is 0 Å². The molecular formula is C22H27NO3. The third kappa shape index (κ3) is 4.57. The van der Waals surface area contributed by atoms with Gasteiger partial charge in [-0.1, -0.05) is 30.3 Å². The first-order valence-corrected chi connectivity index (χ1v) is 9.23. The quantitative estimate of drug-likeness (QED) is 0.711. The Morgan fingerprint density at radius 2 is 1.65 bits per heavy atom. The van der Waals surface area contributed by atoms with Gasteiger partial charge in [0.2, 0.25) is 0 Å². The summed E-state index contributed by atoms with van der Waals surface area (Å²) in [6.07, 6.45) is 1.87. The molecule has 2 aromatic rings. The van der Waals surface area contributed by atoms with Crippen molar-refractivity contribution < 1.29 is 14.3 Å². The smallest absolute Gasteiger partial charge is 0.263 e. The molecule has 2 unspecified atom stereocenters. The zero-order chi connectivity index (χ0) is 18.5. The Morgan fingerprint density at radius 3 is 2.23 bits per heavy atom.